The number of hydrogen-bond donors (Lipinski definition) is 1. The van der Waals surface area contributed by atoms with Crippen LogP contribution in [-0.4, -0.2) is 17.0 Å². The molecule has 15 heavy (non-hydrogen) atoms. The highest BCUT2D eigenvalue weighted by Gasteiger charge is 2.32. The van der Waals surface area contributed by atoms with E-state index >= 15 is 0 Å². The van der Waals surface area contributed by atoms with Gasteiger partial charge in [-0.1, -0.05) is 23.2 Å². The highest BCUT2D eigenvalue weighted by atomic mass is 35.5. The van der Waals surface area contributed by atoms with Crippen molar-refractivity contribution < 1.29 is 14.8 Å². The van der Waals surface area contributed by atoms with E-state index in [0.717, 1.165) is 0 Å². The fraction of sp³-hybridized carbons (Fsp3) is 0. The molecular weight excluding hydrogens is 243 g/mol. The number of benzene rings is 1. The third-order valence-corrected chi connectivity index (χ3v) is 2.57. The largest absolute Gasteiger partial charge is 0.342 e. The maximum Gasteiger partial charge on any atom is 0.342 e. The van der Waals surface area contributed by atoms with E-state index in [1.165, 1.54) is 12.1 Å². The number of fused-ring (bicyclic) bond motifs is 1. The lowest BCUT2D eigenvalue weighted by atomic mass is 10.2. The Morgan fingerprint density at radius 1 is 1.20 bits per heavy atom. The van der Waals surface area contributed by atoms with Gasteiger partial charge in [-0.05, 0) is 12.1 Å². The van der Waals surface area contributed by atoms with E-state index in [-0.39, 0.29) is 26.5 Å². The van der Waals surface area contributed by atoms with Crippen LogP contribution in [0.5, 0.6) is 0 Å². The minimum Gasteiger partial charge on any atom is -0.280 e. The molecule has 0 spiro atoms. The van der Waals surface area contributed by atoms with E-state index in [9.17, 15) is 14.8 Å². The van der Waals surface area contributed by atoms with Gasteiger partial charge in [0.05, 0.1) is 15.7 Å². The maximum absolute atomic E-state index is 11.0. The van der Waals surface area contributed by atoms with Crippen LogP contribution in [-0.2, 0) is 9.59 Å². The molecular formula is C8H3Cl2N2O3. The first-order valence-corrected chi connectivity index (χ1v) is 4.54. The van der Waals surface area contributed by atoms with Crippen molar-refractivity contribution >= 4 is 46.4 Å². The molecule has 0 saturated heterocycles. The molecule has 2 rings (SSSR count). The smallest absolute Gasteiger partial charge is 0.280 e. The number of rotatable bonds is 0. The van der Waals surface area contributed by atoms with Gasteiger partial charge in [-0.2, -0.15) is 5.06 Å². The van der Waals surface area contributed by atoms with Gasteiger partial charge in [-0.3, -0.25) is 14.8 Å². The Bertz CT molecular complexity index is 475. The molecule has 1 radical (unpaired) electrons. The number of nitrogens with zero attached hydrogens (tertiary/aromatic N) is 2. The summed E-state index contributed by atoms with van der Waals surface area (Å²) in [7, 11) is 0. The quantitative estimate of drug-likeness (QED) is 0.556. The van der Waals surface area contributed by atoms with Crippen LogP contribution < -0.4 is 10.4 Å². The predicted octanol–water partition coefficient (Wildman–Crippen LogP) is 1.49. The Kier molecular flexibility index (Phi) is 2.30. The first kappa shape index (κ1) is 10.2. The first-order valence-electron chi connectivity index (χ1n) is 3.79. The topological polar surface area (TPSA) is 71.7 Å². The number of anilines is 1. The van der Waals surface area contributed by atoms with E-state index in [4.69, 9.17) is 23.2 Å². The third-order valence-electron chi connectivity index (χ3n) is 1.84. The monoisotopic (exact) mass is 245 g/mol. The second-order valence-corrected chi connectivity index (χ2v) is 3.60. The second kappa shape index (κ2) is 3.37. The fourth-order valence-corrected chi connectivity index (χ4v) is 1.46. The molecule has 0 saturated carbocycles. The van der Waals surface area contributed by atoms with Crippen molar-refractivity contribution in [2.45, 2.75) is 0 Å². The number of carbonyl (C=O) groups excluding carboxylic acids is 2. The zero-order valence-corrected chi connectivity index (χ0v) is 8.58. The third kappa shape index (κ3) is 1.54. The number of carbonyl (C=O) groups is 2. The Morgan fingerprint density at radius 2 is 1.80 bits per heavy atom. The van der Waals surface area contributed by atoms with E-state index < -0.39 is 11.8 Å². The zero-order valence-electron chi connectivity index (χ0n) is 7.07. The first-order chi connectivity index (χ1) is 7.00. The van der Waals surface area contributed by atoms with E-state index in [1.54, 1.807) is 0 Å². The van der Waals surface area contributed by atoms with Crippen LogP contribution in [0.4, 0.5) is 11.4 Å². The standard InChI is InChI=1S/C8H3Cl2N2O3/c9-3-1-5-6(2-4(3)10)12(15)8(14)7(13)11-5/h1-2,15H. The molecule has 77 valence electrons. The van der Waals surface area contributed by atoms with Crippen LogP contribution in [0.25, 0.3) is 0 Å². The zero-order chi connectivity index (χ0) is 11.2. The summed E-state index contributed by atoms with van der Waals surface area (Å²) in [5, 5.41) is 13.3. The molecule has 1 aromatic carbocycles. The van der Waals surface area contributed by atoms with Crippen LogP contribution in [0, 0.1) is 0 Å². The van der Waals surface area contributed by atoms with Gasteiger partial charge in [-0.25, -0.2) is 5.32 Å². The average molecular weight is 246 g/mol. The summed E-state index contributed by atoms with van der Waals surface area (Å²) in [6, 6.07) is 2.56. The minimum absolute atomic E-state index is 0.0361. The molecule has 0 aliphatic carbocycles. The van der Waals surface area contributed by atoms with Crippen LogP contribution in [0.1, 0.15) is 0 Å². The Hall–Kier alpha value is -1.30. The van der Waals surface area contributed by atoms with Crippen molar-refractivity contribution in [3.63, 3.8) is 0 Å². The summed E-state index contributed by atoms with van der Waals surface area (Å²) in [4.78, 5) is 22.0. The number of hydroxylamine groups is 1. The summed E-state index contributed by atoms with van der Waals surface area (Å²) in [5.41, 5.74) is 0.144. The molecule has 1 aromatic rings. The van der Waals surface area contributed by atoms with Gasteiger partial charge < -0.3 is 0 Å². The summed E-state index contributed by atoms with van der Waals surface area (Å²) in [6.07, 6.45) is 0. The lowest BCUT2D eigenvalue weighted by Crippen LogP contribution is -2.41. The SMILES string of the molecule is O=C1[N]c2cc(Cl)c(Cl)cc2N(O)C1=O. The number of amides is 2. The van der Waals surface area contributed by atoms with Gasteiger partial charge in [0.25, 0.3) is 0 Å². The maximum atomic E-state index is 11.0. The number of hydrogen-bond acceptors (Lipinski definition) is 3. The molecule has 2 amide bonds. The molecule has 1 aliphatic heterocycles. The molecule has 1 N–H and O–H groups in total. The van der Waals surface area contributed by atoms with Crippen LogP contribution in [0.2, 0.25) is 10.0 Å². The lowest BCUT2D eigenvalue weighted by Gasteiger charge is -2.21. The Morgan fingerprint density at radius 3 is 2.47 bits per heavy atom. The summed E-state index contributed by atoms with van der Waals surface area (Å²) < 4.78 is 0. The van der Waals surface area contributed by atoms with E-state index in [0.29, 0.717) is 0 Å². The molecule has 1 heterocycles. The van der Waals surface area contributed by atoms with E-state index in [2.05, 4.69) is 5.32 Å². The molecule has 7 heteroatoms. The van der Waals surface area contributed by atoms with Crippen molar-refractivity contribution in [2.24, 2.45) is 0 Å². The average Bonchev–Trinajstić information content (AvgIpc) is 2.19. The highest BCUT2D eigenvalue weighted by Crippen LogP contribution is 2.36. The fourth-order valence-electron chi connectivity index (χ4n) is 1.14. The van der Waals surface area contributed by atoms with Gasteiger partial charge in [0.2, 0.25) is 0 Å². The van der Waals surface area contributed by atoms with Crippen molar-refractivity contribution in [2.75, 3.05) is 5.06 Å². The summed E-state index contributed by atoms with van der Waals surface area (Å²) in [5.74, 6) is -2.18. The Labute approximate surface area is 94.1 Å². The summed E-state index contributed by atoms with van der Waals surface area (Å²) in [6.45, 7) is 0. The number of halogens is 2. The van der Waals surface area contributed by atoms with Gasteiger partial charge in [0.15, 0.2) is 0 Å². The minimum atomic E-state index is -1.12. The van der Waals surface area contributed by atoms with Crippen molar-refractivity contribution in [1.82, 2.24) is 5.32 Å². The van der Waals surface area contributed by atoms with E-state index in [1.807, 2.05) is 0 Å². The summed E-state index contributed by atoms with van der Waals surface area (Å²) >= 11 is 11.4. The predicted molar refractivity (Wildman–Crippen MR) is 52.5 cm³/mol. The second-order valence-electron chi connectivity index (χ2n) is 2.79. The molecule has 0 atom stereocenters. The van der Waals surface area contributed by atoms with Crippen LogP contribution in [0.3, 0.4) is 0 Å². The van der Waals surface area contributed by atoms with Crippen molar-refractivity contribution in [3.05, 3.63) is 22.2 Å². The molecule has 5 nitrogen and oxygen atoms in total. The lowest BCUT2D eigenvalue weighted by molar-refractivity contribution is -0.140. The van der Waals surface area contributed by atoms with Gasteiger partial charge in [0, 0.05) is 0 Å². The molecule has 0 unspecified atom stereocenters. The molecule has 0 bridgehead atoms. The molecule has 0 aromatic heterocycles. The van der Waals surface area contributed by atoms with Crippen LogP contribution >= 0.6 is 23.2 Å². The van der Waals surface area contributed by atoms with Crippen molar-refractivity contribution in [3.8, 4) is 0 Å². The van der Waals surface area contributed by atoms with Crippen LogP contribution in [0.15, 0.2) is 12.1 Å². The molecule has 0 fully saturated rings. The van der Waals surface area contributed by atoms with Gasteiger partial charge in [0.1, 0.15) is 5.69 Å². The Balaban J connectivity index is 2.61. The normalized spacial score (nSPS) is 15.0. The van der Waals surface area contributed by atoms with Crippen molar-refractivity contribution in [1.29, 1.82) is 0 Å². The highest BCUT2D eigenvalue weighted by molar-refractivity contribution is 6.45. The van der Waals surface area contributed by atoms with Gasteiger partial charge in [-0.15, -0.1) is 0 Å². The van der Waals surface area contributed by atoms with Gasteiger partial charge >= 0.3 is 11.8 Å². The molecule has 1 aliphatic rings.